The molecule has 2 aliphatic heterocycles. The van der Waals surface area contributed by atoms with Crippen LogP contribution in [0.3, 0.4) is 0 Å². The van der Waals surface area contributed by atoms with Crippen LogP contribution in [0.15, 0.2) is 67.0 Å². The van der Waals surface area contributed by atoms with Gasteiger partial charge in [-0.25, -0.2) is 9.78 Å². The molecular weight excluding hydrogens is 554 g/mol. The first-order valence-corrected chi connectivity index (χ1v) is 14.4. The molecule has 226 valence electrons. The lowest BCUT2D eigenvalue weighted by atomic mass is 9.91. The number of aliphatic hydroxyl groups is 3. The fraction of sp³-hybridized carbons (Fsp3) is 0.400. The van der Waals surface area contributed by atoms with Crippen LogP contribution in [0.4, 0.5) is 16.6 Å². The van der Waals surface area contributed by atoms with Gasteiger partial charge in [-0.05, 0) is 24.0 Å². The van der Waals surface area contributed by atoms with Crippen LogP contribution in [0.5, 0.6) is 0 Å². The average Bonchev–Trinajstić information content (AvgIpc) is 3.58. The summed E-state index contributed by atoms with van der Waals surface area (Å²) in [7, 11) is 0. The van der Waals surface area contributed by atoms with Crippen molar-refractivity contribution < 1.29 is 30.0 Å². The number of carboxylic acid groups (broad SMARTS) is 1. The first-order chi connectivity index (χ1) is 20.9. The largest absolute Gasteiger partial charge is 0.465 e. The Morgan fingerprint density at radius 2 is 1.72 bits per heavy atom. The van der Waals surface area contributed by atoms with E-state index in [0.717, 1.165) is 17.5 Å². The Morgan fingerprint density at radius 3 is 2.35 bits per heavy atom. The van der Waals surface area contributed by atoms with E-state index in [1.807, 2.05) is 41.3 Å². The van der Waals surface area contributed by atoms with Gasteiger partial charge in [-0.1, -0.05) is 60.7 Å². The molecule has 5 atom stereocenters. The zero-order valence-corrected chi connectivity index (χ0v) is 23.4. The van der Waals surface area contributed by atoms with Crippen molar-refractivity contribution in [2.75, 3.05) is 36.5 Å². The number of nitrogens with one attached hydrogen (secondary N) is 2. The zero-order chi connectivity index (χ0) is 29.9. The Hall–Kier alpha value is -4.30. The lowest BCUT2D eigenvalue weighted by Crippen LogP contribution is -2.48. The maximum Gasteiger partial charge on any atom is 0.404 e. The van der Waals surface area contributed by atoms with Crippen molar-refractivity contribution in [1.29, 1.82) is 0 Å². The number of carbonyl (C=O) groups is 1. The minimum Gasteiger partial charge on any atom is -0.465 e. The molecule has 4 heterocycles. The molecule has 6 N–H and O–H groups in total. The van der Waals surface area contributed by atoms with E-state index in [2.05, 4.69) is 39.9 Å². The SMILES string of the molecule is O=C(O)N[C@@H]1CCCN(c2nc(NCC(c3ccccc3)c3ccccc3)c3ncn([C@@H]4O[C@H](CO)[C@@H](O)[C@@H]4O)c3n2)C1. The molecule has 2 aliphatic rings. The minimum absolute atomic E-state index is 0.00229. The number of piperidine rings is 1. The molecule has 2 saturated heterocycles. The number of ether oxygens (including phenoxy) is 1. The van der Waals surface area contributed by atoms with Crippen molar-refractivity contribution in [3.63, 3.8) is 0 Å². The number of aliphatic hydroxyl groups excluding tert-OH is 3. The van der Waals surface area contributed by atoms with Gasteiger partial charge in [0.15, 0.2) is 23.2 Å². The molecule has 1 amide bonds. The van der Waals surface area contributed by atoms with Gasteiger partial charge >= 0.3 is 6.09 Å². The highest BCUT2D eigenvalue weighted by atomic mass is 16.6. The highest BCUT2D eigenvalue weighted by molar-refractivity contribution is 5.84. The second-order valence-electron chi connectivity index (χ2n) is 10.9. The van der Waals surface area contributed by atoms with Gasteiger partial charge in [0.25, 0.3) is 0 Å². The summed E-state index contributed by atoms with van der Waals surface area (Å²) in [5, 5.41) is 46.1. The highest BCUT2D eigenvalue weighted by Crippen LogP contribution is 2.34. The summed E-state index contributed by atoms with van der Waals surface area (Å²) in [6, 6.07) is 20.0. The van der Waals surface area contributed by atoms with Crippen molar-refractivity contribution in [1.82, 2.24) is 24.8 Å². The molecule has 2 aromatic heterocycles. The smallest absolute Gasteiger partial charge is 0.404 e. The van der Waals surface area contributed by atoms with Crippen molar-refractivity contribution >= 4 is 29.0 Å². The number of amides is 1. The molecule has 13 nitrogen and oxygen atoms in total. The van der Waals surface area contributed by atoms with E-state index in [1.54, 1.807) is 0 Å². The zero-order valence-electron chi connectivity index (χ0n) is 23.4. The molecular formula is C30H35N7O6. The van der Waals surface area contributed by atoms with Gasteiger partial charge in [-0.2, -0.15) is 9.97 Å². The maximum absolute atomic E-state index is 11.3. The number of hydrogen-bond donors (Lipinski definition) is 6. The van der Waals surface area contributed by atoms with Gasteiger partial charge in [0.1, 0.15) is 18.3 Å². The molecule has 0 radical (unpaired) electrons. The van der Waals surface area contributed by atoms with Crippen molar-refractivity contribution in [3.05, 3.63) is 78.1 Å². The van der Waals surface area contributed by atoms with Crippen LogP contribution in [-0.4, -0.2) is 96.6 Å². The van der Waals surface area contributed by atoms with E-state index in [-0.39, 0.29) is 12.0 Å². The topological polar surface area (TPSA) is 178 Å². The molecule has 6 rings (SSSR count). The number of nitrogens with zero attached hydrogens (tertiary/aromatic N) is 5. The number of imidazole rings is 1. The Morgan fingerprint density at radius 1 is 1.02 bits per heavy atom. The standard InChI is InChI=1S/C30H35N7O6/c38-16-22-24(39)25(40)28(43-22)37-17-32-23-26(31-14-21(18-8-3-1-4-9-18)19-10-5-2-6-11-19)34-29(35-27(23)37)36-13-7-12-20(15-36)33-30(41)42/h1-6,8-11,17,20-22,24-25,28,33,38-40H,7,12-16H2,(H,41,42)(H,31,34,35)/t20-,22-,24-,25+,28-/m1/s1. The Balaban J connectivity index is 1.38. The first kappa shape index (κ1) is 28.8. The Labute approximate surface area is 247 Å². The van der Waals surface area contributed by atoms with Crippen LogP contribution in [0.2, 0.25) is 0 Å². The summed E-state index contributed by atoms with van der Waals surface area (Å²) >= 11 is 0. The molecule has 4 aromatic rings. The molecule has 43 heavy (non-hydrogen) atoms. The average molecular weight is 590 g/mol. The number of aromatic nitrogens is 4. The fourth-order valence-electron chi connectivity index (χ4n) is 5.91. The van der Waals surface area contributed by atoms with Gasteiger partial charge in [0.05, 0.1) is 12.9 Å². The summed E-state index contributed by atoms with van der Waals surface area (Å²) in [5.74, 6) is 0.838. The predicted octanol–water partition coefficient (Wildman–Crippen LogP) is 1.92. The van der Waals surface area contributed by atoms with Crippen molar-refractivity contribution in [2.24, 2.45) is 0 Å². The summed E-state index contributed by atoms with van der Waals surface area (Å²) in [6.45, 7) is 1.04. The van der Waals surface area contributed by atoms with Crippen LogP contribution in [0.1, 0.15) is 36.1 Å². The number of fused-ring (bicyclic) bond motifs is 1. The van der Waals surface area contributed by atoms with Gasteiger partial charge < -0.3 is 40.7 Å². The number of anilines is 2. The van der Waals surface area contributed by atoms with E-state index in [9.17, 15) is 25.2 Å². The molecule has 2 fully saturated rings. The summed E-state index contributed by atoms with van der Waals surface area (Å²) in [6.07, 6.45) is -2.75. The van der Waals surface area contributed by atoms with Crippen LogP contribution in [-0.2, 0) is 4.74 Å². The lowest BCUT2D eigenvalue weighted by Gasteiger charge is -2.32. The number of hydrogen-bond acceptors (Lipinski definition) is 10. The van der Waals surface area contributed by atoms with Gasteiger partial charge in [-0.3, -0.25) is 4.57 Å². The minimum atomic E-state index is -1.32. The highest BCUT2D eigenvalue weighted by Gasteiger charge is 2.44. The first-order valence-electron chi connectivity index (χ1n) is 14.4. The fourth-order valence-corrected chi connectivity index (χ4v) is 5.91. The third kappa shape index (κ3) is 5.97. The summed E-state index contributed by atoms with van der Waals surface area (Å²) < 4.78 is 7.33. The molecule has 0 unspecified atom stereocenters. The third-order valence-electron chi connectivity index (χ3n) is 8.11. The van der Waals surface area contributed by atoms with Crippen LogP contribution >= 0.6 is 0 Å². The van der Waals surface area contributed by atoms with Crippen LogP contribution < -0.4 is 15.5 Å². The predicted molar refractivity (Wildman–Crippen MR) is 158 cm³/mol. The number of rotatable bonds is 9. The van der Waals surface area contributed by atoms with E-state index < -0.39 is 37.2 Å². The van der Waals surface area contributed by atoms with E-state index in [1.165, 1.54) is 10.9 Å². The normalized spacial score (nSPS) is 24.0. The maximum atomic E-state index is 11.3. The van der Waals surface area contributed by atoms with Crippen molar-refractivity contribution in [2.45, 2.75) is 49.3 Å². The summed E-state index contributed by atoms with van der Waals surface area (Å²) in [5.41, 5.74) is 3.06. The second kappa shape index (κ2) is 12.5. The van der Waals surface area contributed by atoms with Gasteiger partial charge in [0, 0.05) is 31.6 Å². The molecule has 0 bridgehead atoms. The number of benzene rings is 2. The Bertz CT molecular complexity index is 1500. The monoisotopic (exact) mass is 589 g/mol. The van der Waals surface area contributed by atoms with Crippen LogP contribution in [0, 0.1) is 0 Å². The molecule has 0 aliphatic carbocycles. The molecule has 0 spiro atoms. The van der Waals surface area contributed by atoms with Gasteiger partial charge in [-0.15, -0.1) is 0 Å². The lowest BCUT2D eigenvalue weighted by molar-refractivity contribution is -0.0511. The van der Waals surface area contributed by atoms with E-state index in [0.29, 0.717) is 49.0 Å². The van der Waals surface area contributed by atoms with Gasteiger partial charge in [0.2, 0.25) is 5.95 Å². The van der Waals surface area contributed by atoms with Crippen LogP contribution in [0.25, 0.3) is 11.2 Å². The quantitative estimate of drug-likeness (QED) is 0.168. The molecule has 13 heteroatoms. The Kier molecular flexibility index (Phi) is 8.38. The molecule has 2 aromatic carbocycles. The van der Waals surface area contributed by atoms with E-state index >= 15 is 0 Å². The third-order valence-corrected chi connectivity index (χ3v) is 8.11. The second-order valence-corrected chi connectivity index (χ2v) is 10.9. The van der Waals surface area contributed by atoms with E-state index in [4.69, 9.17) is 14.7 Å². The molecule has 0 saturated carbocycles. The summed E-state index contributed by atoms with van der Waals surface area (Å²) in [4.78, 5) is 27.5. The van der Waals surface area contributed by atoms with Crippen molar-refractivity contribution in [3.8, 4) is 0 Å².